The topological polar surface area (TPSA) is 100 Å². The maximum absolute atomic E-state index is 11.1. The molecule has 2 N–H and O–H groups in total. The first kappa shape index (κ1) is 14.6. The first-order valence-corrected chi connectivity index (χ1v) is 6.53. The van der Waals surface area contributed by atoms with Gasteiger partial charge in [0.05, 0.1) is 0 Å². The molecule has 1 atom stereocenters. The highest BCUT2D eigenvalue weighted by atomic mass is 32.1. The van der Waals surface area contributed by atoms with E-state index in [1.807, 2.05) is 0 Å². The maximum Gasteiger partial charge on any atom is 0.313 e. The van der Waals surface area contributed by atoms with Gasteiger partial charge in [0.2, 0.25) is 0 Å². The molecule has 0 aliphatic heterocycles. The molecule has 6 nitrogen and oxygen atoms in total. The van der Waals surface area contributed by atoms with Crippen LogP contribution in [0.3, 0.4) is 0 Å². The molecule has 1 aromatic rings. The third-order valence-electron chi connectivity index (χ3n) is 2.52. The molecule has 1 aromatic heterocycles. The average Bonchev–Trinajstić information content (AvgIpc) is 2.69. The van der Waals surface area contributed by atoms with Gasteiger partial charge in [-0.25, -0.2) is 4.98 Å². The van der Waals surface area contributed by atoms with Crippen molar-refractivity contribution in [3.8, 4) is 0 Å². The van der Waals surface area contributed by atoms with Crippen LogP contribution in [0.5, 0.6) is 0 Å². The Labute approximate surface area is 109 Å². The predicted octanol–water partition coefficient (Wildman–Crippen LogP) is 2.05. The zero-order chi connectivity index (χ0) is 13.5. The molecule has 100 valence electrons. The summed E-state index contributed by atoms with van der Waals surface area (Å²) in [6.45, 7) is 1.73. The Hall–Kier alpha value is -1.50. The van der Waals surface area contributed by atoms with Crippen molar-refractivity contribution in [3.05, 3.63) is 10.8 Å². The number of hydrogen-bond donors (Lipinski definition) is 2. The smallest absolute Gasteiger partial charge is 0.313 e. The molecule has 18 heavy (non-hydrogen) atoms. The molecule has 0 amide bonds. The minimum atomic E-state index is -0.899. The largest absolute Gasteiger partial charge is 0.481 e. The van der Waals surface area contributed by atoms with Crippen molar-refractivity contribution in [3.63, 3.8) is 0 Å². The molecule has 0 aliphatic carbocycles. The average molecular weight is 272 g/mol. The number of carboxylic acid groups (broad SMARTS) is 2. The second-order valence-electron chi connectivity index (χ2n) is 4.06. The number of carbonyl (C=O) groups is 2. The number of nitrogens with zero attached hydrogens (tertiary/aromatic N) is 2. The fraction of sp³-hybridized carbons (Fsp3) is 0.636. The van der Waals surface area contributed by atoms with Gasteiger partial charge in [0.15, 0.2) is 0 Å². The molecule has 1 rings (SSSR count). The zero-order valence-corrected chi connectivity index (χ0v) is 10.9. The van der Waals surface area contributed by atoms with Gasteiger partial charge in [0.1, 0.15) is 16.7 Å². The van der Waals surface area contributed by atoms with Gasteiger partial charge in [-0.15, -0.1) is 0 Å². The van der Waals surface area contributed by atoms with Crippen molar-refractivity contribution in [2.45, 2.75) is 44.9 Å². The molecule has 0 aliphatic rings. The van der Waals surface area contributed by atoms with Crippen LogP contribution >= 0.6 is 11.5 Å². The number of rotatable bonds is 8. The van der Waals surface area contributed by atoms with E-state index in [2.05, 4.69) is 9.36 Å². The maximum atomic E-state index is 11.1. The van der Waals surface area contributed by atoms with Gasteiger partial charge in [-0.05, 0) is 31.3 Å². The molecule has 1 heterocycles. The molecule has 0 spiro atoms. The highest BCUT2D eigenvalue weighted by Crippen LogP contribution is 2.24. The lowest BCUT2D eigenvalue weighted by Crippen LogP contribution is -2.11. The van der Waals surface area contributed by atoms with E-state index in [9.17, 15) is 9.59 Å². The predicted molar refractivity (Wildman–Crippen MR) is 65.7 cm³/mol. The van der Waals surface area contributed by atoms with E-state index in [1.54, 1.807) is 6.92 Å². The lowest BCUT2D eigenvalue weighted by molar-refractivity contribution is -0.139. The number of hydrogen-bond acceptors (Lipinski definition) is 5. The van der Waals surface area contributed by atoms with Gasteiger partial charge in [0.25, 0.3) is 0 Å². The van der Waals surface area contributed by atoms with E-state index >= 15 is 0 Å². The number of aromatic nitrogens is 2. The number of unbranched alkanes of at least 4 members (excludes halogenated alkanes) is 2. The minimum absolute atomic E-state index is 0.135. The lowest BCUT2D eigenvalue weighted by Gasteiger charge is -2.08. The van der Waals surface area contributed by atoms with E-state index in [1.165, 1.54) is 0 Å². The fourth-order valence-electron chi connectivity index (χ4n) is 1.61. The Bertz CT molecular complexity index is 419. The Morgan fingerprint density at radius 2 is 2.00 bits per heavy atom. The molecular formula is C11H16N2O4S. The molecule has 1 unspecified atom stereocenters. The molecule has 0 aromatic carbocycles. The first-order chi connectivity index (χ1) is 8.50. The molecule has 0 saturated heterocycles. The number of aliphatic carboxylic acids is 2. The summed E-state index contributed by atoms with van der Waals surface area (Å²) < 4.78 is 3.98. The van der Waals surface area contributed by atoms with E-state index in [0.717, 1.165) is 11.5 Å². The summed E-state index contributed by atoms with van der Waals surface area (Å²) in [6, 6.07) is 0. The summed E-state index contributed by atoms with van der Waals surface area (Å²) >= 11 is 1.12. The van der Waals surface area contributed by atoms with Crippen LogP contribution in [0.25, 0.3) is 0 Å². The summed E-state index contributed by atoms with van der Waals surface area (Å²) in [5.41, 5.74) is 0. The van der Waals surface area contributed by atoms with Gasteiger partial charge in [-0.1, -0.05) is 12.8 Å². The van der Waals surface area contributed by atoms with Crippen LogP contribution in [0.4, 0.5) is 0 Å². The van der Waals surface area contributed by atoms with Crippen LogP contribution in [-0.2, 0) is 9.59 Å². The Kier molecular flexibility index (Phi) is 5.70. The van der Waals surface area contributed by atoms with Gasteiger partial charge >= 0.3 is 11.9 Å². The van der Waals surface area contributed by atoms with Crippen molar-refractivity contribution >= 4 is 23.5 Å². The Morgan fingerprint density at radius 1 is 1.28 bits per heavy atom. The van der Waals surface area contributed by atoms with Crippen LogP contribution in [-0.4, -0.2) is 31.5 Å². The summed E-state index contributed by atoms with van der Waals surface area (Å²) in [7, 11) is 0. The van der Waals surface area contributed by atoms with Crippen LogP contribution in [0.15, 0.2) is 0 Å². The summed E-state index contributed by atoms with van der Waals surface area (Å²) in [5.74, 6) is -1.75. The normalized spacial score (nSPS) is 12.3. The Balaban J connectivity index is 2.40. The molecule has 0 bridgehead atoms. The van der Waals surface area contributed by atoms with Gasteiger partial charge in [-0.3, -0.25) is 9.59 Å². The molecule has 7 heteroatoms. The second-order valence-corrected chi connectivity index (χ2v) is 4.85. The van der Waals surface area contributed by atoms with Crippen LogP contribution in [0.2, 0.25) is 0 Å². The van der Waals surface area contributed by atoms with Crippen molar-refractivity contribution < 1.29 is 19.8 Å². The van der Waals surface area contributed by atoms with E-state index in [-0.39, 0.29) is 6.42 Å². The quantitative estimate of drug-likeness (QED) is 0.702. The third kappa shape index (κ3) is 4.79. The summed E-state index contributed by atoms with van der Waals surface area (Å²) in [4.78, 5) is 25.5. The van der Waals surface area contributed by atoms with Crippen LogP contribution < -0.4 is 0 Å². The molecule has 0 radical (unpaired) electrons. The Morgan fingerprint density at radius 3 is 2.50 bits per heavy atom. The van der Waals surface area contributed by atoms with E-state index < -0.39 is 17.9 Å². The minimum Gasteiger partial charge on any atom is -0.481 e. The van der Waals surface area contributed by atoms with Crippen molar-refractivity contribution in [2.75, 3.05) is 0 Å². The standard InChI is InChI=1S/C11H16N2O4S/c1-7-12-10(18-13-7)8(11(16)17)5-3-2-4-6-9(14)15/h8H,2-6H2,1H3,(H,14,15)(H,16,17). The SMILES string of the molecule is Cc1nsc(C(CCCCCC(=O)O)C(=O)O)n1. The van der Waals surface area contributed by atoms with Crippen LogP contribution in [0.1, 0.15) is 48.9 Å². The summed E-state index contributed by atoms with van der Waals surface area (Å²) in [6.07, 6.45) is 2.59. The van der Waals surface area contributed by atoms with Crippen LogP contribution in [0, 0.1) is 6.92 Å². The molecule has 0 fully saturated rings. The monoisotopic (exact) mass is 272 g/mol. The van der Waals surface area contributed by atoms with E-state index in [0.29, 0.717) is 36.5 Å². The molecule has 0 saturated carbocycles. The third-order valence-corrected chi connectivity index (χ3v) is 3.44. The van der Waals surface area contributed by atoms with Crippen molar-refractivity contribution in [2.24, 2.45) is 0 Å². The van der Waals surface area contributed by atoms with Crippen molar-refractivity contribution in [1.82, 2.24) is 9.36 Å². The van der Waals surface area contributed by atoms with Gasteiger partial charge in [-0.2, -0.15) is 4.37 Å². The number of aryl methyl sites for hydroxylation is 1. The highest BCUT2D eigenvalue weighted by Gasteiger charge is 2.23. The van der Waals surface area contributed by atoms with Crippen molar-refractivity contribution in [1.29, 1.82) is 0 Å². The highest BCUT2D eigenvalue weighted by molar-refractivity contribution is 7.05. The van der Waals surface area contributed by atoms with Gasteiger partial charge < -0.3 is 10.2 Å². The van der Waals surface area contributed by atoms with Gasteiger partial charge in [0, 0.05) is 6.42 Å². The fourth-order valence-corrected chi connectivity index (χ4v) is 2.39. The first-order valence-electron chi connectivity index (χ1n) is 5.75. The molecular weight excluding hydrogens is 256 g/mol. The lowest BCUT2D eigenvalue weighted by atomic mass is 10.0. The summed E-state index contributed by atoms with van der Waals surface area (Å²) in [5, 5.41) is 18.1. The zero-order valence-electron chi connectivity index (χ0n) is 10.1. The number of carboxylic acids is 2. The second kappa shape index (κ2) is 7.05. The van der Waals surface area contributed by atoms with E-state index in [4.69, 9.17) is 10.2 Å².